The van der Waals surface area contributed by atoms with Gasteiger partial charge in [-0.2, -0.15) is 9.61 Å². The van der Waals surface area contributed by atoms with E-state index in [1.54, 1.807) is 4.52 Å². The number of amides is 2. The smallest absolute Gasteiger partial charge is 0.321 e. The van der Waals surface area contributed by atoms with Crippen LogP contribution in [0.4, 0.5) is 16.2 Å². The second kappa shape index (κ2) is 6.86. The Morgan fingerprint density at radius 2 is 1.81 bits per heavy atom. The Morgan fingerprint density at radius 1 is 1.04 bits per heavy atom. The highest BCUT2D eigenvalue weighted by molar-refractivity contribution is 5.90. The Labute approximate surface area is 157 Å². The van der Waals surface area contributed by atoms with Crippen molar-refractivity contribution in [3.63, 3.8) is 0 Å². The van der Waals surface area contributed by atoms with Gasteiger partial charge < -0.3 is 15.1 Å². The minimum Gasteiger partial charge on any atom is -0.367 e. The van der Waals surface area contributed by atoms with Gasteiger partial charge in [-0.25, -0.2) is 4.79 Å². The van der Waals surface area contributed by atoms with E-state index in [-0.39, 0.29) is 6.03 Å². The standard InChI is InChI=1S/C19H23N7O/c1-13-4-5-17(14(2)10-13)21-19(27)25-8-6-24(7-9-25)16-11-18-23-22-15(3)26(18)20-12-16/h4-5,10-12H,6-9H2,1-3H3,(H,21,27). The molecule has 1 aliphatic heterocycles. The van der Waals surface area contributed by atoms with Crippen molar-refractivity contribution >= 4 is 23.1 Å². The fourth-order valence-corrected chi connectivity index (χ4v) is 3.38. The summed E-state index contributed by atoms with van der Waals surface area (Å²) >= 11 is 0. The van der Waals surface area contributed by atoms with Crippen LogP contribution in [0, 0.1) is 20.8 Å². The van der Waals surface area contributed by atoms with Gasteiger partial charge in [0, 0.05) is 37.9 Å². The molecule has 0 saturated carbocycles. The molecule has 3 aromatic rings. The zero-order chi connectivity index (χ0) is 19.0. The number of piperazine rings is 1. The van der Waals surface area contributed by atoms with E-state index in [1.165, 1.54) is 5.56 Å². The van der Waals surface area contributed by atoms with Crippen LogP contribution in [-0.2, 0) is 0 Å². The summed E-state index contributed by atoms with van der Waals surface area (Å²) < 4.78 is 1.72. The van der Waals surface area contributed by atoms with Gasteiger partial charge in [0.2, 0.25) is 0 Å². The Balaban J connectivity index is 1.39. The highest BCUT2D eigenvalue weighted by atomic mass is 16.2. The number of rotatable bonds is 2. The zero-order valence-corrected chi connectivity index (χ0v) is 15.8. The molecule has 0 atom stereocenters. The summed E-state index contributed by atoms with van der Waals surface area (Å²) in [7, 11) is 0. The Hall–Kier alpha value is -3.16. The van der Waals surface area contributed by atoms with E-state index in [4.69, 9.17) is 0 Å². The molecular formula is C19H23N7O. The average Bonchev–Trinajstić information content (AvgIpc) is 3.04. The highest BCUT2D eigenvalue weighted by Crippen LogP contribution is 2.19. The third kappa shape index (κ3) is 3.42. The first kappa shape index (κ1) is 17.3. The normalized spacial score (nSPS) is 14.6. The molecule has 1 fully saturated rings. The number of hydrogen-bond acceptors (Lipinski definition) is 5. The third-order valence-corrected chi connectivity index (χ3v) is 4.96. The van der Waals surface area contributed by atoms with Gasteiger partial charge in [0.1, 0.15) is 0 Å². The van der Waals surface area contributed by atoms with Crippen LogP contribution in [0.1, 0.15) is 17.0 Å². The lowest BCUT2D eigenvalue weighted by Gasteiger charge is -2.35. The van der Waals surface area contributed by atoms with Crippen molar-refractivity contribution in [2.45, 2.75) is 20.8 Å². The van der Waals surface area contributed by atoms with Crippen molar-refractivity contribution in [3.8, 4) is 0 Å². The van der Waals surface area contributed by atoms with Crippen LogP contribution in [0.2, 0.25) is 0 Å². The van der Waals surface area contributed by atoms with Crippen LogP contribution in [-0.4, -0.2) is 56.9 Å². The number of fused-ring (bicyclic) bond motifs is 1. The molecule has 1 aromatic carbocycles. The van der Waals surface area contributed by atoms with E-state index in [2.05, 4.69) is 31.6 Å². The number of benzene rings is 1. The van der Waals surface area contributed by atoms with Gasteiger partial charge in [0.05, 0.1) is 11.9 Å². The molecule has 140 valence electrons. The number of aryl methyl sites for hydroxylation is 3. The molecule has 27 heavy (non-hydrogen) atoms. The summed E-state index contributed by atoms with van der Waals surface area (Å²) in [6.07, 6.45) is 1.83. The molecule has 0 aliphatic carbocycles. The van der Waals surface area contributed by atoms with Crippen LogP contribution in [0.3, 0.4) is 0 Å². The van der Waals surface area contributed by atoms with Gasteiger partial charge in [-0.1, -0.05) is 17.7 Å². The minimum atomic E-state index is -0.0525. The number of nitrogens with zero attached hydrogens (tertiary/aromatic N) is 6. The second-order valence-electron chi connectivity index (χ2n) is 6.95. The molecular weight excluding hydrogens is 342 g/mol. The number of nitrogens with one attached hydrogen (secondary N) is 1. The van der Waals surface area contributed by atoms with E-state index < -0.39 is 0 Å². The Bertz CT molecular complexity index is 989. The number of urea groups is 1. The fourth-order valence-electron chi connectivity index (χ4n) is 3.38. The van der Waals surface area contributed by atoms with Crippen LogP contribution in [0.25, 0.3) is 5.65 Å². The van der Waals surface area contributed by atoms with Crippen molar-refractivity contribution in [1.29, 1.82) is 0 Å². The van der Waals surface area contributed by atoms with Crippen molar-refractivity contribution in [1.82, 2.24) is 24.7 Å². The van der Waals surface area contributed by atoms with Crippen LogP contribution >= 0.6 is 0 Å². The quantitative estimate of drug-likeness (QED) is 0.754. The number of carbonyl (C=O) groups excluding carboxylic acids is 1. The van der Waals surface area contributed by atoms with Crippen LogP contribution in [0.5, 0.6) is 0 Å². The maximum Gasteiger partial charge on any atom is 0.321 e. The molecule has 2 amide bonds. The number of carbonyl (C=O) groups is 1. The molecule has 8 nitrogen and oxygen atoms in total. The van der Waals surface area contributed by atoms with Crippen LogP contribution < -0.4 is 10.2 Å². The Kier molecular flexibility index (Phi) is 4.39. The van der Waals surface area contributed by atoms with E-state index in [9.17, 15) is 4.79 Å². The van der Waals surface area contributed by atoms with Gasteiger partial charge in [-0.05, 0) is 32.4 Å². The molecule has 0 radical (unpaired) electrons. The first-order valence-corrected chi connectivity index (χ1v) is 9.07. The third-order valence-electron chi connectivity index (χ3n) is 4.96. The topological polar surface area (TPSA) is 78.7 Å². The molecule has 0 bridgehead atoms. The molecule has 3 heterocycles. The van der Waals surface area contributed by atoms with Gasteiger partial charge in [-0.3, -0.25) is 0 Å². The van der Waals surface area contributed by atoms with E-state index in [0.717, 1.165) is 41.5 Å². The van der Waals surface area contributed by atoms with E-state index >= 15 is 0 Å². The molecule has 8 heteroatoms. The fraction of sp³-hybridized carbons (Fsp3) is 0.368. The number of hydrogen-bond donors (Lipinski definition) is 1. The monoisotopic (exact) mass is 365 g/mol. The van der Waals surface area contributed by atoms with Gasteiger partial charge in [0.15, 0.2) is 11.5 Å². The summed E-state index contributed by atoms with van der Waals surface area (Å²) in [4.78, 5) is 16.7. The van der Waals surface area contributed by atoms with Crippen molar-refractivity contribution < 1.29 is 4.79 Å². The molecule has 0 spiro atoms. The summed E-state index contributed by atoms with van der Waals surface area (Å²) in [5.41, 5.74) is 4.87. The highest BCUT2D eigenvalue weighted by Gasteiger charge is 2.22. The molecule has 1 saturated heterocycles. The van der Waals surface area contributed by atoms with Crippen LogP contribution in [0.15, 0.2) is 30.5 Å². The lowest BCUT2D eigenvalue weighted by Crippen LogP contribution is -2.50. The van der Waals surface area contributed by atoms with E-state index in [0.29, 0.717) is 13.1 Å². The zero-order valence-electron chi connectivity index (χ0n) is 15.8. The molecule has 1 N–H and O–H groups in total. The van der Waals surface area contributed by atoms with E-state index in [1.807, 2.05) is 50.1 Å². The largest absolute Gasteiger partial charge is 0.367 e. The number of aromatic nitrogens is 4. The first-order chi connectivity index (χ1) is 13.0. The summed E-state index contributed by atoms with van der Waals surface area (Å²) in [6, 6.07) is 7.97. The summed E-state index contributed by atoms with van der Waals surface area (Å²) in [6.45, 7) is 8.76. The lowest BCUT2D eigenvalue weighted by molar-refractivity contribution is 0.208. The summed E-state index contributed by atoms with van der Waals surface area (Å²) in [5.74, 6) is 0.768. The average molecular weight is 365 g/mol. The predicted molar refractivity (Wildman–Crippen MR) is 104 cm³/mol. The molecule has 1 aliphatic rings. The number of anilines is 2. The molecule has 0 unspecified atom stereocenters. The molecule has 4 rings (SSSR count). The van der Waals surface area contributed by atoms with Gasteiger partial charge >= 0.3 is 6.03 Å². The Morgan fingerprint density at radius 3 is 2.56 bits per heavy atom. The SMILES string of the molecule is Cc1ccc(NC(=O)N2CCN(c3cnn4c(C)nnc4c3)CC2)c(C)c1. The van der Waals surface area contributed by atoms with Crippen molar-refractivity contribution in [2.24, 2.45) is 0 Å². The first-order valence-electron chi connectivity index (χ1n) is 9.07. The minimum absolute atomic E-state index is 0.0525. The van der Waals surface area contributed by atoms with Gasteiger partial charge in [0.25, 0.3) is 0 Å². The summed E-state index contributed by atoms with van der Waals surface area (Å²) in [5, 5.41) is 15.6. The lowest BCUT2D eigenvalue weighted by atomic mass is 10.1. The maximum absolute atomic E-state index is 12.6. The van der Waals surface area contributed by atoms with Crippen molar-refractivity contribution in [3.05, 3.63) is 47.4 Å². The predicted octanol–water partition coefficient (Wildman–Crippen LogP) is 2.40. The molecule has 2 aromatic heterocycles. The van der Waals surface area contributed by atoms with Crippen molar-refractivity contribution in [2.75, 3.05) is 36.4 Å². The second-order valence-corrected chi connectivity index (χ2v) is 6.95. The maximum atomic E-state index is 12.6. The van der Waals surface area contributed by atoms with Gasteiger partial charge in [-0.15, -0.1) is 10.2 Å².